The van der Waals surface area contributed by atoms with E-state index in [1.54, 1.807) is 0 Å². The predicted octanol–water partition coefficient (Wildman–Crippen LogP) is 4.78. The summed E-state index contributed by atoms with van der Waals surface area (Å²) < 4.78 is 2.16. The molecule has 2 aromatic carbocycles. The lowest BCUT2D eigenvalue weighted by molar-refractivity contribution is 0.596. The van der Waals surface area contributed by atoms with Crippen molar-refractivity contribution < 1.29 is 0 Å². The Bertz CT molecular complexity index is 821. The second-order valence-corrected chi connectivity index (χ2v) is 5.64. The van der Waals surface area contributed by atoms with Crippen molar-refractivity contribution in [3.8, 4) is 17.2 Å². The molecule has 0 spiro atoms. The van der Waals surface area contributed by atoms with E-state index in [-0.39, 0.29) is 5.92 Å². The van der Waals surface area contributed by atoms with E-state index < -0.39 is 0 Å². The summed E-state index contributed by atoms with van der Waals surface area (Å²) in [7, 11) is 0. The molecule has 1 aromatic heterocycles. The van der Waals surface area contributed by atoms with Crippen molar-refractivity contribution >= 4 is 10.9 Å². The summed E-state index contributed by atoms with van der Waals surface area (Å²) in [5.41, 5.74) is 4.94. The summed E-state index contributed by atoms with van der Waals surface area (Å²) in [5.74, 6) is 0.0250. The van der Waals surface area contributed by atoms with Gasteiger partial charge in [0.25, 0.3) is 0 Å². The van der Waals surface area contributed by atoms with Crippen molar-refractivity contribution in [2.75, 3.05) is 0 Å². The molecule has 3 aromatic rings. The molecule has 0 fully saturated rings. The summed E-state index contributed by atoms with van der Waals surface area (Å²) in [6, 6.07) is 19.5. The van der Waals surface area contributed by atoms with Crippen molar-refractivity contribution in [2.24, 2.45) is 5.92 Å². The molecule has 2 nitrogen and oxygen atoms in total. The zero-order chi connectivity index (χ0) is 14.8. The van der Waals surface area contributed by atoms with Crippen LogP contribution in [0.4, 0.5) is 0 Å². The molecule has 3 rings (SSSR count). The van der Waals surface area contributed by atoms with E-state index >= 15 is 0 Å². The predicted molar refractivity (Wildman–Crippen MR) is 86.9 cm³/mol. The molecular formula is C19H18N2. The molecule has 0 radical (unpaired) electrons. The van der Waals surface area contributed by atoms with Gasteiger partial charge in [-0.25, -0.2) is 0 Å². The van der Waals surface area contributed by atoms with Gasteiger partial charge in [0.05, 0.1) is 12.0 Å². The monoisotopic (exact) mass is 274 g/mol. The lowest BCUT2D eigenvalue weighted by Crippen LogP contribution is -2.03. The number of benzene rings is 2. The molecule has 2 heteroatoms. The summed E-state index contributed by atoms with van der Waals surface area (Å²) in [6.45, 7) is 4.80. The van der Waals surface area contributed by atoms with Gasteiger partial charge >= 0.3 is 0 Å². The Morgan fingerprint density at radius 3 is 2.67 bits per heavy atom. The minimum absolute atomic E-state index is 0.0250. The molecule has 1 unspecified atom stereocenters. The average molecular weight is 274 g/mol. The number of hydrogen-bond donors (Lipinski definition) is 0. The van der Waals surface area contributed by atoms with Gasteiger partial charge < -0.3 is 4.57 Å². The highest BCUT2D eigenvalue weighted by molar-refractivity contribution is 5.85. The van der Waals surface area contributed by atoms with Gasteiger partial charge in [0, 0.05) is 23.6 Å². The molecule has 21 heavy (non-hydrogen) atoms. The molecule has 0 saturated carbocycles. The Labute approximate surface area is 125 Å². The third kappa shape index (κ3) is 2.68. The maximum atomic E-state index is 8.96. The van der Waals surface area contributed by atoms with Gasteiger partial charge in [-0.2, -0.15) is 5.26 Å². The number of rotatable bonds is 3. The largest absolute Gasteiger partial charge is 0.346 e. The lowest BCUT2D eigenvalue weighted by Gasteiger charge is -2.08. The molecule has 0 amide bonds. The molecule has 0 saturated heterocycles. The first kappa shape index (κ1) is 13.5. The van der Waals surface area contributed by atoms with E-state index in [9.17, 15) is 0 Å². The fourth-order valence-corrected chi connectivity index (χ4v) is 2.70. The maximum Gasteiger partial charge on any atom is 0.0671 e. The summed E-state index contributed by atoms with van der Waals surface area (Å²) in [5, 5.41) is 10.2. The minimum Gasteiger partial charge on any atom is -0.346 e. The van der Waals surface area contributed by atoms with Gasteiger partial charge in [-0.1, -0.05) is 35.9 Å². The van der Waals surface area contributed by atoms with Crippen LogP contribution in [-0.2, 0) is 6.54 Å². The molecule has 0 aliphatic rings. The third-order valence-electron chi connectivity index (χ3n) is 3.81. The molecule has 0 aliphatic heterocycles. The van der Waals surface area contributed by atoms with Crippen LogP contribution < -0.4 is 0 Å². The Morgan fingerprint density at radius 2 is 1.90 bits per heavy atom. The number of fused-ring (bicyclic) bond motifs is 1. The third-order valence-corrected chi connectivity index (χ3v) is 3.81. The van der Waals surface area contributed by atoms with Crippen LogP contribution in [0, 0.1) is 24.2 Å². The second-order valence-electron chi connectivity index (χ2n) is 5.64. The van der Waals surface area contributed by atoms with Crippen molar-refractivity contribution in [3.05, 3.63) is 60.3 Å². The van der Waals surface area contributed by atoms with Gasteiger partial charge in [-0.3, -0.25) is 0 Å². The van der Waals surface area contributed by atoms with Gasteiger partial charge in [0.1, 0.15) is 0 Å². The van der Waals surface area contributed by atoms with Crippen LogP contribution in [0.5, 0.6) is 0 Å². The van der Waals surface area contributed by atoms with Crippen LogP contribution in [0.2, 0.25) is 0 Å². The van der Waals surface area contributed by atoms with Crippen LogP contribution in [-0.4, -0.2) is 4.57 Å². The van der Waals surface area contributed by atoms with E-state index in [2.05, 4.69) is 72.3 Å². The molecule has 1 heterocycles. The zero-order valence-corrected chi connectivity index (χ0v) is 12.4. The summed E-state index contributed by atoms with van der Waals surface area (Å²) >= 11 is 0. The first-order valence-corrected chi connectivity index (χ1v) is 7.23. The quantitative estimate of drug-likeness (QED) is 0.676. The van der Waals surface area contributed by atoms with Crippen molar-refractivity contribution in [1.29, 1.82) is 5.26 Å². The van der Waals surface area contributed by atoms with Crippen LogP contribution in [0.1, 0.15) is 12.5 Å². The van der Waals surface area contributed by atoms with Gasteiger partial charge in [-0.05, 0) is 43.2 Å². The van der Waals surface area contributed by atoms with E-state index in [1.807, 2.05) is 6.92 Å². The first-order chi connectivity index (χ1) is 10.2. The van der Waals surface area contributed by atoms with E-state index in [1.165, 1.54) is 27.6 Å². The van der Waals surface area contributed by atoms with Gasteiger partial charge in [-0.15, -0.1) is 0 Å². The van der Waals surface area contributed by atoms with E-state index in [0.29, 0.717) is 0 Å². The number of aromatic nitrogens is 1. The van der Waals surface area contributed by atoms with E-state index in [4.69, 9.17) is 5.26 Å². The van der Waals surface area contributed by atoms with Crippen LogP contribution in [0.15, 0.2) is 54.7 Å². The topological polar surface area (TPSA) is 28.7 Å². The number of aryl methyl sites for hydroxylation is 1. The Hall–Kier alpha value is -2.53. The second kappa shape index (κ2) is 5.46. The molecule has 104 valence electrons. The highest BCUT2D eigenvalue weighted by Crippen LogP contribution is 2.26. The smallest absolute Gasteiger partial charge is 0.0671 e. The highest BCUT2D eigenvalue weighted by atomic mass is 15.0. The van der Waals surface area contributed by atoms with Crippen LogP contribution >= 0.6 is 0 Å². The standard InChI is InChI=1S/C19H18N2/c1-14-4-3-5-16(10-14)17-6-7-19-18(11-17)8-9-21(19)13-15(2)12-20/h3-11,15H,13H2,1-2H3. The fraction of sp³-hybridized carbons (Fsp3) is 0.211. The molecule has 1 atom stereocenters. The molecule has 0 N–H and O–H groups in total. The van der Waals surface area contributed by atoms with Crippen molar-refractivity contribution in [3.63, 3.8) is 0 Å². The minimum atomic E-state index is 0.0250. The number of hydrogen-bond acceptors (Lipinski definition) is 1. The van der Waals surface area contributed by atoms with E-state index in [0.717, 1.165) is 6.54 Å². The van der Waals surface area contributed by atoms with Crippen molar-refractivity contribution in [2.45, 2.75) is 20.4 Å². The summed E-state index contributed by atoms with van der Waals surface area (Å²) in [4.78, 5) is 0. The first-order valence-electron chi connectivity index (χ1n) is 7.23. The lowest BCUT2D eigenvalue weighted by atomic mass is 10.0. The average Bonchev–Trinajstić information content (AvgIpc) is 2.89. The summed E-state index contributed by atoms with van der Waals surface area (Å²) in [6.07, 6.45) is 2.07. The van der Waals surface area contributed by atoms with Gasteiger partial charge in [0.2, 0.25) is 0 Å². The SMILES string of the molecule is Cc1cccc(-c2ccc3c(ccn3CC(C)C#N)c2)c1. The molecule has 0 bridgehead atoms. The van der Waals surface area contributed by atoms with Crippen LogP contribution in [0.3, 0.4) is 0 Å². The van der Waals surface area contributed by atoms with Crippen LogP contribution in [0.25, 0.3) is 22.0 Å². The van der Waals surface area contributed by atoms with Crippen molar-refractivity contribution in [1.82, 2.24) is 4.57 Å². The fourth-order valence-electron chi connectivity index (χ4n) is 2.70. The molecule has 0 aliphatic carbocycles. The normalized spacial score (nSPS) is 12.2. The molecular weight excluding hydrogens is 256 g/mol. The Morgan fingerprint density at radius 1 is 1.10 bits per heavy atom. The highest BCUT2D eigenvalue weighted by Gasteiger charge is 2.06. The zero-order valence-electron chi connectivity index (χ0n) is 12.4. The van der Waals surface area contributed by atoms with Gasteiger partial charge in [0.15, 0.2) is 0 Å². The number of nitrogens with zero attached hydrogens (tertiary/aromatic N) is 2. The Kier molecular flexibility index (Phi) is 3.50. The maximum absolute atomic E-state index is 8.96. The number of nitriles is 1. The Balaban J connectivity index is 2.01.